The fraction of sp³-hybridized carbons (Fsp3) is 0.182. The number of carbonyl (C=O) groups is 1. The molecule has 0 saturated carbocycles. The van der Waals surface area contributed by atoms with Crippen molar-refractivity contribution in [1.29, 1.82) is 0 Å². The molecule has 0 radical (unpaired) electrons. The summed E-state index contributed by atoms with van der Waals surface area (Å²) in [5, 5.41) is 3.09. The monoisotopic (exact) mass is 220 g/mol. The second-order valence-corrected chi connectivity index (χ2v) is 3.81. The van der Waals surface area contributed by atoms with Crippen molar-refractivity contribution < 1.29 is 4.79 Å². The zero-order valence-electron chi connectivity index (χ0n) is 8.42. The van der Waals surface area contributed by atoms with E-state index in [-0.39, 0.29) is 5.24 Å². The minimum atomic E-state index is -0.274. The van der Waals surface area contributed by atoms with E-state index in [9.17, 15) is 4.79 Å². The van der Waals surface area contributed by atoms with Crippen LogP contribution < -0.4 is 5.01 Å². The van der Waals surface area contributed by atoms with E-state index >= 15 is 0 Å². The number of nitrogens with zero attached hydrogens (tertiary/aromatic N) is 2. The molecule has 0 atom stereocenters. The number of carbonyl (C=O) groups excluding carboxylic acids is 1. The first kappa shape index (κ1) is 10.1. The highest BCUT2D eigenvalue weighted by Crippen LogP contribution is 2.21. The second-order valence-electron chi connectivity index (χ2n) is 3.43. The van der Waals surface area contributed by atoms with E-state index in [1.807, 2.05) is 42.3 Å². The van der Waals surface area contributed by atoms with Crippen LogP contribution in [0.4, 0.5) is 10.5 Å². The van der Waals surface area contributed by atoms with Gasteiger partial charge in [-0.3, -0.25) is 9.80 Å². The van der Waals surface area contributed by atoms with Crippen molar-refractivity contribution in [3.05, 3.63) is 42.1 Å². The van der Waals surface area contributed by atoms with E-state index in [2.05, 4.69) is 12.6 Å². The minimum absolute atomic E-state index is 0.274. The Hall–Kier alpha value is -1.42. The van der Waals surface area contributed by atoms with Crippen molar-refractivity contribution in [2.75, 3.05) is 11.6 Å². The number of aryl methyl sites for hydroxylation is 1. The van der Waals surface area contributed by atoms with Crippen molar-refractivity contribution in [3.8, 4) is 0 Å². The third-order valence-electron chi connectivity index (χ3n) is 2.31. The first-order valence-corrected chi connectivity index (χ1v) is 5.16. The lowest BCUT2D eigenvalue weighted by atomic mass is 10.2. The highest BCUT2D eigenvalue weighted by molar-refractivity contribution is 7.96. The predicted octanol–water partition coefficient (Wildman–Crippen LogP) is 2.60. The number of rotatable bonds is 1. The largest absolute Gasteiger partial charge is 0.301 e. The van der Waals surface area contributed by atoms with E-state index in [0.717, 1.165) is 5.69 Å². The summed E-state index contributed by atoms with van der Waals surface area (Å²) in [7, 11) is 0. The molecule has 4 heteroatoms. The standard InChI is InChI=1S/C11H12N2OS/c1-9-3-5-10(6-4-9)12-7-2-8-13(12)11(14)15/h2-6,8H,7H2,1H3,(H,14,15). The van der Waals surface area contributed by atoms with E-state index in [0.29, 0.717) is 6.54 Å². The Morgan fingerprint density at radius 1 is 1.33 bits per heavy atom. The van der Waals surface area contributed by atoms with Crippen LogP contribution in [0.2, 0.25) is 0 Å². The summed E-state index contributed by atoms with van der Waals surface area (Å²) in [5.41, 5.74) is 2.20. The lowest BCUT2D eigenvalue weighted by Gasteiger charge is -2.27. The summed E-state index contributed by atoms with van der Waals surface area (Å²) in [5.74, 6) is 0. The SMILES string of the molecule is Cc1ccc(N2CC=CN2C(=O)S)cc1. The van der Waals surface area contributed by atoms with Gasteiger partial charge in [-0.05, 0) is 25.1 Å². The zero-order chi connectivity index (χ0) is 10.8. The molecule has 3 nitrogen and oxygen atoms in total. The molecule has 2 rings (SSSR count). The fourth-order valence-corrected chi connectivity index (χ4v) is 1.70. The van der Waals surface area contributed by atoms with Gasteiger partial charge in [0.1, 0.15) is 0 Å². The summed E-state index contributed by atoms with van der Waals surface area (Å²) < 4.78 is 0. The third kappa shape index (κ3) is 1.99. The molecule has 0 fully saturated rings. The van der Waals surface area contributed by atoms with E-state index in [1.165, 1.54) is 10.6 Å². The summed E-state index contributed by atoms with van der Waals surface area (Å²) in [6, 6.07) is 8.03. The molecular formula is C11H12N2OS. The van der Waals surface area contributed by atoms with Gasteiger partial charge in [0.15, 0.2) is 0 Å². The lowest BCUT2D eigenvalue weighted by Crippen LogP contribution is -2.36. The lowest BCUT2D eigenvalue weighted by molar-refractivity contribution is 0.239. The predicted molar refractivity (Wildman–Crippen MR) is 63.9 cm³/mol. The molecule has 78 valence electrons. The smallest absolute Gasteiger partial charge is 0.274 e. The molecule has 0 saturated heterocycles. The van der Waals surface area contributed by atoms with Crippen molar-refractivity contribution >= 4 is 23.6 Å². The number of thiol groups is 1. The van der Waals surface area contributed by atoms with Crippen LogP contribution in [0.5, 0.6) is 0 Å². The first-order chi connectivity index (χ1) is 7.18. The van der Waals surface area contributed by atoms with Crippen LogP contribution >= 0.6 is 12.6 Å². The fourth-order valence-electron chi connectivity index (χ4n) is 1.53. The number of hydrogen-bond acceptors (Lipinski definition) is 2. The minimum Gasteiger partial charge on any atom is -0.274 e. The van der Waals surface area contributed by atoms with Crippen LogP contribution in [-0.2, 0) is 0 Å². The Labute approximate surface area is 94.4 Å². The number of hydrazine groups is 1. The van der Waals surface area contributed by atoms with Gasteiger partial charge in [0, 0.05) is 6.20 Å². The van der Waals surface area contributed by atoms with Gasteiger partial charge in [0.25, 0.3) is 0 Å². The topological polar surface area (TPSA) is 23.6 Å². The van der Waals surface area contributed by atoms with Gasteiger partial charge in [0.05, 0.1) is 12.2 Å². The van der Waals surface area contributed by atoms with Gasteiger partial charge in [-0.1, -0.05) is 30.3 Å². The van der Waals surface area contributed by atoms with Gasteiger partial charge < -0.3 is 0 Å². The Balaban J connectivity index is 2.24. The van der Waals surface area contributed by atoms with Crippen LogP contribution in [0.1, 0.15) is 5.56 Å². The average molecular weight is 220 g/mol. The molecule has 1 aliphatic heterocycles. The van der Waals surface area contributed by atoms with Crippen LogP contribution in [0.25, 0.3) is 0 Å². The molecule has 0 N–H and O–H groups in total. The van der Waals surface area contributed by atoms with E-state index in [1.54, 1.807) is 6.20 Å². The van der Waals surface area contributed by atoms with Gasteiger partial charge in [-0.15, -0.1) is 0 Å². The molecule has 0 unspecified atom stereocenters. The molecular weight excluding hydrogens is 208 g/mol. The third-order valence-corrected chi connectivity index (χ3v) is 2.52. The van der Waals surface area contributed by atoms with Gasteiger partial charge in [-0.2, -0.15) is 0 Å². The Morgan fingerprint density at radius 3 is 2.60 bits per heavy atom. The summed E-state index contributed by atoms with van der Waals surface area (Å²) >= 11 is 3.82. The Bertz CT molecular complexity index is 400. The summed E-state index contributed by atoms with van der Waals surface area (Å²) in [6.45, 7) is 2.74. The molecule has 1 heterocycles. The quantitative estimate of drug-likeness (QED) is 0.735. The van der Waals surface area contributed by atoms with Crippen molar-refractivity contribution in [3.63, 3.8) is 0 Å². The zero-order valence-corrected chi connectivity index (χ0v) is 9.32. The second kappa shape index (κ2) is 3.98. The number of hydrogen-bond donors (Lipinski definition) is 1. The van der Waals surface area contributed by atoms with Crippen LogP contribution in [0.15, 0.2) is 36.5 Å². The number of anilines is 1. The molecule has 0 spiro atoms. The van der Waals surface area contributed by atoms with E-state index in [4.69, 9.17) is 0 Å². The van der Waals surface area contributed by atoms with Gasteiger partial charge in [0.2, 0.25) is 0 Å². The average Bonchev–Trinajstić information content (AvgIpc) is 2.67. The highest BCUT2D eigenvalue weighted by atomic mass is 32.1. The molecule has 0 aromatic heterocycles. The Kier molecular flexibility index (Phi) is 2.68. The van der Waals surface area contributed by atoms with Crippen LogP contribution in [-0.4, -0.2) is 16.8 Å². The van der Waals surface area contributed by atoms with Crippen molar-refractivity contribution in [2.24, 2.45) is 0 Å². The Morgan fingerprint density at radius 2 is 2.00 bits per heavy atom. The van der Waals surface area contributed by atoms with Crippen LogP contribution in [0.3, 0.4) is 0 Å². The van der Waals surface area contributed by atoms with Gasteiger partial charge in [-0.25, -0.2) is 5.01 Å². The molecule has 0 bridgehead atoms. The maximum atomic E-state index is 11.2. The molecule has 0 aliphatic carbocycles. The molecule has 1 aliphatic rings. The molecule has 1 aromatic rings. The normalized spacial score (nSPS) is 14.8. The molecule has 15 heavy (non-hydrogen) atoms. The van der Waals surface area contributed by atoms with Crippen LogP contribution in [0, 0.1) is 6.92 Å². The first-order valence-electron chi connectivity index (χ1n) is 4.71. The number of benzene rings is 1. The molecule has 1 aromatic carbocycles. The van der Waals surface area contributed by atoms with Crippen molar-refractivity contribution in [1.82, 2.24) is 5.01 Å². The van der Waals surface area contributed by atoms with Crippen molar-refractivity contribution in [2.45, 2.75) is 6.92 Å². The van der Waals surface area contributed by atoms with Gasteiger partial charge >= 0.3 is 5.24 Å². The highest BCUT2D eigenvalue weighted by Gasteiger charge is 2.20. The summed E-state index contributed by atoms with van der Waals surface area (Å²) in [4.78, 5) is 11.2. The van der Waals surface area contributed by atoms with E-state index < -0.39 is 0 Å². The maximum Gasteiger partial charge on any atom is 0.301 e. The summed E-state index contributed by atoms with van der Waals surface area (Å²) in [6.07, 6.45) is 3.66. The maximum absolute atomic E-state index is 11.2. The molecule has 1 amide bonds. The number of amides is 1.